The van der Waals surface area contributed by atoms with Gasteiger partial charge in [0.2, 0.25) is 5.09 Å². The molecule has 156 valence electrons. The van der Waals surface area contributed by atoms with E-state index in [1.807, 2.05) is 47.2 Å². The molecule has 10 heteroatoms. The molecular formula is C21H17BrN6O2S. The molecule has 1 aliphatic rings. The van der Waals surface area contributed by atoms with Crippen molar-refractivity contribution in [2.45, 2.75) is 24.4 Å². The number of benzene rings is 1. The fourth-order valence-electron chi connectivity index (χ4n) is 3.22. The van der Waals surface area contributed by atoms with Gasteiger partial charge in [-0.3, -0.25) is 4.98 Å². The molecule has 0 bridgehead atoms. The molecule has 0 amide bonds. The van der Waals surface area contributed by atoms with Gasteiger partial charge in [0, 0.05) is 29.0 Å². The molecule has 0 spiro atoms. The Morgan fingerprint density at radius 3 is 2.90 bits per heavy atom. The third kappa shape index (κ3) is 4.08. The average Bonchev–Trinajstić information content (AvgIpc) is 3.39. The Balaban J connectivity index is 1.40. The van der Waals surface area contributed by atoms with Crippen LogP contribution in [0, 0.1) is 0 Å². The van der Waals surface area contributed by atoms with Crippen LogP contribution in [0.5, 0.6) is 0 Å². The molecule has 4 aromatic rings. The summed E-state index contributed by atoms with van der Waals surface area (Å²) in [5.41, 5.74) is 9.33. The van der Waals surface area contributed by atoms with Crippen LogP contribution in [-0.4, -0.2) is 24.5 Å². The van der Waals surface area contributed by atoms with Crippen molar-refractivity contribution < 1.29 is 9.47 Å². The van der Waals surface area contributed by atoms with E-state index in [-0.39, 0.29) is 0 Å². The van der Waals surface area contributed by atoms with Gasteiger partial charge in [-0.2, -0.15) is 0 Å². The van der Waals surface area contributed by atoms with Gasteiger partial charge in [-0.25, -0.2) is 15.0 Å². The van der Waals surface area contributed by atoms with Gasteiger partial charge in [0.15, 0.2) is 22.1 Å². The van der Waals surface area contributed by atoms with Crippen LogP contribution in [0.1, 0.15) is 17.4 Å². The zero-order chi connectivity index (χ0) is 21.2. The molecule has 8 nitrogen and oxygen atoms in total. The van der Waals surface area contributed by atoms with Crippen molar-refractivity contribution in [3.05, 3.63) is 82.1 Å². The van der Waals surface area contributed by atoms with Gasteiger partial charge < -0.3 is 19.8 Å². The number of nitrogen functional groups attached to an aromatic ring is 1. The van der Waals surface area contributed by atoms with Gasteiger partial charge in [0.1, 0.15) is 12.6 Å². The van der Waals surface area contributed by atoms with Crippen molar-refractivity contribution in [1.29, 1.82) is 0 Å². The molecule has 0 saturated carbocycles. The topological polar surface area (TPSA) is 101 Å². The minimum atomic E-state index is -0.517. The number of ether oxygens (including phenoxy) is 2. The van der Waals surface area contributed by atoms with Crippen molar-refractivity contribution in [1.82, 2.24) is 24.5 Å². The second kappa shape index (κ2) is 8.56. The zero-order valence-corrected chi connectivity index (χ0v) is 18.6. The van der Waals surface area contributed by atoms with Crippen LogP contribution >= 0.6 is 27.7 Å². The maximum Gasteiger partial charge on any atom is 0.268 e. The standard InChI is InChI=1S/C21H17BrN6O2S/c22-15-6-2-1-5-14(15)20-29-11-16(30-20)31-21-27-17-18(23)25-12-26-19(17)28(21)9-7-13-4-3-8-24-10-13/h1-6,8,10-12,20H,7,9H2,(H2,23,25,26). The fourth-order valence-corrected chi connectivity index (χ4v) is 4.54. The van der Waals surface area contributed by atoms with Crippen LogP contribution in [0.4, 0.5) is 5.82 Å². The van der Waals surface area contributed by atoms with Crippen molar-refractivity contribution in [3.63, 3.8) is 0 Å². The summed E-state index contributed by atoms with van der Waals surface area (Å²) in [6.07, 6.45) is 6.92. The van der Waals surface area contributed by atoms with E-state index in [0.29, 0.717) is 33.8 Å². The first kappa shape index (κ1) is 19.8. The highest BCUT2D eigenvalue weighted by Crippen LogP contribution is 2.40. The number of thioether (sulfide) groups is 1. The largest absolute Gasteiger partial charge is 0.454 e. The lowest BCUT2D eigenvalue weighted by atomic mass is 10.2. The summed E-state index contributed by atoms with van der Waals surface area (Å²) in [7, 11) is 0. The molecule has 0 radical (unpaired) electrons. The van der Waals surface area contributed by atoms with E-state index in [2.05, 4.69) is 35.9 Å². The predicted molar refractivity (Wildman–Crippen MR) is 121 cm³/mol. The average molecular weight is 497 g/mol. The Hall–Kier alpha value is -3.11. The minimum Gasteiger partial charge on any atom is -0.454 e. The number of nitrogens with zero attached hydrogens (tertiary/aromatic N) is 5. The third-order valence-corrected chi connectivity index (χ3v) is 6.34. The van der Waals surface area contributed by atoms with Crippen LogP contribution in [-0.2, 0) is 22.4 Å². The zero-order valence-electron chi connectivity index (χ0n) is 16.2. The van der Waals surface area contributed by atoms with Gasteiger partial charge in [-0.15, -0.1) is 0 Å². The van der Waals surface area contributed by atoms with Crippen molar-refractivity contribution in [3.8, 4) is 0 Å². The van der Waals surface area contributed by atoms with Crippen LogP contribution in [0.25, 0.3) is 11.2 Å². The molecule has 1 unspecified atom stereocenters. The van der Waals surface area contributed by atoms with E-state index < -0.39 is 6.29 Å². The highest BCUT2D eigenvalue weighted by molar-refractivity contribution is 9.10. The summed E-state index contributed by atoms with van der Waals surface area (Å²) in [5, 5.41) is 1.30. The molecule has 1 atom stereocenters. The van der Waals surface area contributed by atoms with Crippen molar-refractivity contribution in [2.75, 3.05) is 5.73 Å². The Morgan fingerprint density at radius 1 is 1.16 bits per heavy atom. The van der Waals surface area contributed by atoms with Gasteiger partial charge in [0.25, 0.3) is 6.29 Å². The molecule has 0 fully saturated rings. The van der Waals surface area contributed by atoms with E-state index in [9.17, 15) is 0 Å². The predicted octanol–water partition coefficient (Wildman–Crippen LogP) is 4.45. The second-order valence-corrected chi connectivity index (χ2v) is 8.56. The summed E-state index contributed by atoms with van der Waals surface area (Å²) < 4.78 is 14.7. The maximum absolute atomic E-state index is 6.05. The molecule has 1 aromatic carbocycles. The number of halogens is 1. The number of fused-ring (bicyclic) bond motifs is 1. The monoisotopic (exact) mass is 496 g/mol. The first-order chi connectivity index (χ1) is 15.2. The van der Waals surface area contributed by atoms with Crippen LogP contribution in [0.2, 0.25) is 0 Å². The molecule has 3 aromatic heterocycles. The SMILES string of the molecule is Nc1ncnc2c1nc(SC1=COC(c3ccccc3Br)O1)n2CCc1cccnc1. The van der Waals surface area contributed by atoms with Crippen LogP contribution in [0.3, 0.4) is 0 Å². The summed E-state index contributed by atoms with van der Waals surface area (Å²) in [6, 6.07) is 11.8. The summed E-state index contributed by atoms with van der Waals surface area (Å²) in [5.74, 6) is 0.343. The van der Waals surface area contributed by atoms with E-state index in [4.69, 9.17) is 15.2 Å². The van der Waals surface area contributed by atoms with Crippen molar-refractivity contribution >= 4 is 44.7 Å². The number of aromatic nitrogens is 5. The lowest BCUT2D eigenvalue weighted by Gasteiger charge is -2.13. The summed E-state index contributed by atoms with van der Waals surface area (Å²) in [6.45, 7) is 0.656. The molecule has 0 aliphatic carbocycles. The van der Waals surface area contributed by atoms with Gasteiger partial charge in [0.05, 0.1) is 0 Å². The van der Waals surface area contributed by atoms with Crippen molar-refractivity contribution in [2.24, 2.45) is 0 Å². The normalized spacial score (nSPS) is 15.5. The first-order valence-electron chi connectivity index (χ1n) is 9.49. The first-order valence-corrected chi connectivity index (χ1v) is 11.1. The minimum absolute atomic E-state index is 0.343. The molecule has 31 heavy (non-hydrogen) atoms. The Labute approximate surface area is 190 Å². The lowest BCUT2D eigenvalue weighted by molar-refractivity contribution is -0.0278. The number of hydrogen-bond donors (Lipinski definition) is 1. The number of anilines is 1. The van der Waals surface area contributed by atoms with E-state index in [0.717, 1.165) is 22.0 Å². The van der Waals surface area contributed by atoms with E-state index in [1.54, 1.807) is 12.5 Å². The van der Waals surface area contributed by atoms with Gasteiger partial charge >= 0.3 is 0 Å². The van der Waals surface area contributed by atoms with E-state index >= 15 is 0 Å². The third-order valence-electron chi connectivity index (χ3n) is 4.73. The number of rotatable bonds is 6. The number of nitrogens with two attached hydrogens (primary N) is 1. The summed E-state index contributed by atoms with van der Waals surface area (Å²) in [4.78, 5) is 17.3. The molecule has 2 N–H and O–H groups in total. The Bertz CT molecular complexity index is 1260. The molecular weight excluding hydrogens is 480 g/mol. The number of aryl methyl sites for hydroxylation is 2. The Morgan fingerprint density at radius 2 is 2.06 bits per heavy atom. The second-order valence-electron chi connectivity index (χ2n) is 6.73. The summed E-state index contributed by atoms with van der Waals surface area (Å²) >= 11 is 4.90. The number of pyridine rings is 1. The Kier molecular flexibility index (Phi) is 5.47. The van der Waals surface area contributed by atoms with Crippen LogP contribution in [0.15, 0.2) is 76.1 Å². The maximum atomic E-state index is 6.05. The van der Waals surface area contributed by atoms with E-state index in [1.165, 1.54) is 18.1 Å². The number of hydrogen-bond acceptors (Lipinski definition) is 8. The van der Waals surface area contributed by atoms with Crippen LogP contribution < -0.4 is 5.73 Å². The molecule has 0 saturated heterocycles. The molecule has 5 rings (SSSR count). The van der Waals surface area contributed by atoms with Gasteiger partial charge in [-0.1, -0.05) is 40.2 Å². The lowest BCUT2D eigenvalue weighted by Crippen LogP contribution is -2.05. The number of imidazole rings is 1. The smallest absolute Gasteiger partial charge is 0.268 e. The fraction of sp³-hybridized carbons (Fsp3) is 0.143. The quantitative estimate of drug-likeness (QED) is 0.417. The highest BCUT2D eigenvalue weighted by Gasteiger charge is 2.26. The van der Waals surface area contributed by atoms with Gasteiger partial charge in [-0.05, 0) is 35.9 Å². The highest BCUT2D eigenvalue weighted by atomic mass is 79.9. The molecule has 4 heterocycles. The molecule has 1 aliphatic heterocycles.